The van der Waals surface area contributed by atoms with Crippen molar-refractivity contribution in [1.82, 2.24) is 5.32 Å². The highest BCUT2D eigenvalue weighted by Gasteiger charge is 1.92. The summed E-state index contributed by atoms with van der Waals surface area (Å²) in [5.74, 6) is 0. The maximum absolute atomic E-state index is 8.63. The Balaban J connectivity index is -0.000000148. The fraction of sp³-hybridized carbons (Fsp3) is 0.833. The molecule has 0 aromatic carbocycles. The van der Waals surface area contributed by atoms with Crippen molar-refractivity contribution in [2.75, 3.05) is 26.3 Å². The van der Waals surface area contributed by atoms with Gasteiger partial charge in [0.25, 0.3) is 0 Å². The monoisotopic (exact) mass is 226 g/mol. The zero-order valence-corrected chi connectivity index (χ0v) is 8.58. The summed E-state index contributed by atoms with van der Waals surface area (Å²) in [4.78, 5) is 0. The predicted octanol–water partition coefficient (Wildman–Crippen LogP) is -0.747. The van der Waals surface area contributed by atoms with Gasteiger partial charge in [0.1, 0.15) is 0 Å². The first kappa shape index (κ1) is 15.7. The lowest BCUT2D eigenvalue weighted by molar-refractivity contribution is 0.109. The van der Waals surface area contributed by atoms with Gasteiger partial charge in [0.05, 0.1) is 19.3 Å². The lowest BCUT2D eigenvalue weighted by atomic mass is 10.5. The molecule has 2 N–H and O–H groups in total. The second-order valence-corrected chi connectivity index (χ2v) is 2.87. The Morgan fingerprint density at radius 1 is 1.57 bits per heavy atom. The average molecular weight is 226 g/mol. The van der Waals surface area contributed by atoms with Crippen LogP contribution >= 0.6 is 0 Å². The molecule has 1 aliphatic rings. The molecule has 14 heavy (non-hydrogen) atoms. The van der Waals surface area contributed by atoms with E-state index in [1.165, 1.54) is 6.92 Å². The van der Waals surface area contributed by atoms with Crippen LogP contribution in [0.25, 0.3) is 0 Å². The van der Waals surface area contributed by atoms with Crippen LogP contribution in [-0.2, 0) is 15.1 Å². The molecule has 8 heteroatoms. The first-order valence-electron chi connectivity index (χ1n) is 3.69. The molecule has 1 heterocycles. The molecule has 0 radical (unpaired) electrons. The molecular weight excluding hydrogens is 212 g/mol. The van der Waals surface area contributed by atoms with Gasteiger partial charge >= 0.3 is 1.43 Å². The van der Waals surface area contributed by atoms with Gasteiger partial charge in [0.15, 0.2) is 0 Å². The SMILES string of the molecule is C1COCCN1.CC#N.O=S(=O)([O-])O.[H+]. The quantitative estimate of drug-likeness (QED) is 0.411. The van der Waals surface area contributed by atoms with Gasteiger partial charge in [-0.3, -0.25) is 4.55 Å². The van der Waals surface area contributed by atoms with Gasteiger partial charge in [-0.05, 0) is 0 Å². The van der Waals surface area contributed by atoms with Crippen LogP contribution in [0.5, 0.6) is 0 Å². The Labute approximate surface area is 84.7 Å². The zero-order chi connectivity index (χ0) is 11.4. The summed E-state index contributed by atoms with van der Waals surface area (Å²) < 4.78 is 37.8. The van der Waals surface area contributed by atoms with Crippen molar-refractivity contribution in [3.05, 3.63) is 0 Å². The van der Waals surface area contributed by atoms with Crippen LogP contribution in [0.15, 0.2) is 0 Å². The van der Waals surface area contributed by atoms with Crippen LogP contribution in [0.3, 0.4) is 0 Å². The number of rotatable bonds is 0. The van der Waals surface area contributed by atoms with E-state index in [-0.39, 0.29) is 1.43 Å². The van der Waals surface area contributed by atoms with Crippen LogP contribution in [0.2, 0.25) is 0 Å². The van der Waals surface area contributed by atoms with Gasteiger partial charge in [-0.2, -0.15) is 5.26 Å². The first-order chi connectivity index (χ1) is 6.41. The van der Waals surface area contributed by atoms with E-state index in [2.05, 4.69) is 5.32 Å². The molecule has 0 atom stereocenters. The van der Waals surface area contributed by atoms with Gasteiger partial charge in [-0.25, -0.2) is 8.42 Å². The van der Waals surface area contributed by atoms with Crippen molar-refractivity contribution in [2.24, 2.45) is 0 Å². The number of morpholine rings is 1. The molecule has 7 nitrogen and oxygen atoms in total. The molecular formula is C6H14N2O5S. The van der Waals surface area contributed by atoms with E-state index in [0.717, 1.165) is 26.3 Å². The molecule has 1 fully saturated rings. The van der Waals surface area contributed by atoms with E-state index in [4.69, 9.17) is 27.5 Å². The van der Waals surface area contributed by atoms with E-state index >= 15 is 0 Å². The minimum Gasteiger partial charge on any atom is -0.726 e. The molecule has 1 saturated heterocycles. The zero-order valence-electron chi connectivity index (χ0n) is 8.76. The van der Waals surface area contributed by atoms with Gasteiger partial charge in [-0.1, -0.05) is 0 Å². The second-order valence-electron chi connectivity index (χ2n) is 2.01. The highest BCUT2D eigenvalue weighted by atomic mass is 32.3. The molecule has 0 amide bonds. The third-order valence-corrected chi connectivity index (χ3v) is 0.846. The summed E-state index contributed by atoms with van der Waals surface area (Å²) in [6, 6.07) is 1.75. The Morgan fingerprint density at radius 2 is 1.86 bits per heavy atom. The normalized spacial score (nSPS) is 15.0. The second kappa shape index (κ2) is 10.4. The smallest absolute Gasteiger partial charge is 0.726 e. The van der Waals surface area contributed by atoms with Crippen LogP contribution in [-0.4, -0.2) is 43.8 Å². The maximum Gasteiger partial charge on any atom is 1.00 e. The summed E-state index contributed by atoms with van der Waals surface area (Å²) in [5, 5.41) is 10.5. The molecule has 0 aliphatic carbocycles. The largest absolute Gasteiger partial charge is 1.00 e. The molecule has 0 aromatic heterocycles. The van der Waals surface area contributed by atoms with Crippen LogP contribution in [0.4, 0.5) is 0 Å². The summed E-state index contributed by atoms with van der Waals surface area (Å²) in [5.41, 5.74) is 0. The highest BCUT2D eigenvalue weighted by molar-refractivity contribution is 7.79. The van der Waals surface area contributed by atoms with Crippen molar-refractivity contribution < 1.29 is 23.7 Å². The van der Waals surface area contributed by atoms with Crippen molar-refractivity contribution in [3.8, 4) is 6.07 Å². The Morgan fingerprint density at radius 3 is 1.93 bits per heavy atom. The highest BCUT2D eigenvalue weighted by Crippen LogP contribution is 1.76. The van der Waals surface area contributed by atoms with E-state index in [1.54, 1.807) is 6.07 Å². The van der Waals surface area contributed by atoms with E-state index < -0.39 is 10.4 Å². The molecule has 84 valence electrons. The fourth-order valence-electron chi connectivity index (χ4n) is 0.516. The number of nitriles is 1. The Kier molecular flexibility index (Phi) is 11.6. The minimum absolute atomic E-state index is 0. The number of hydrogen-bond acceptors (Lipinski definition) is 6. The fourth-order valence-corrected chi connectivity index (χ4v) is 0.516. The third-order valence-electron chi connectivity index (χ3n) is 0.846. The number of hydrogen-bond donors (Lipinski definition) is 2. The summed E-state index contributed by atoms with van der Waals surface area (Å²) >= 11 is 0. The average Bonchev–Trinajstić information content (AvgIpc) is 2.06. The molecule has 0 bridgehead atoms. The lowest BCUT2D eigenvalue weighted by Gasteiger charge is -2.10. The maximum atomic E-state index is 8.63. The molecule has 1 aliphatic heterocycles. The summed E-state index contributed by atoms with van der Waals surface area (Å²) in [6.07, 6.45) is 0. The molecule has 0 spiro atoms. The Bertz CT molecular complexity index is 227. The summed E-state index contributed by atoms with van der Waals surface area (Å²) in [7, 11) is -4.92. The lowest BCUT2D eigenvalue weighted by Crippen LogP contribution is -2.30. The standard InChI is InChI=1S/C4H9NO.C2H3N.H2O4S/c1-3-6-4-2-5-1;1-2-3;1-5(2,3)4/h5H,1-4H2;1H3;(H2,1,2,3,4). The predicted molar refractivity (Wildman–Crippen MR) is 48.4 cm³/mol. The third kappa shape index (κ3) is 42.8. The number of nitrogens with zero attached hydrogens (tertiary/aromatic N) is 1. The van der Waals surface area contributed by atoms with E-state index in [9.17, 15) is 0 Å². The minimum atomic E-state index is -4.92. The Hall–Kier alpha value is -0.720. The van der Waals surface area contributed by atoms with Crippen LogP contribution in [0, 0.1) is 11.3 Å². The van der Waals surface area contributed by atoms with Crippen molar-refractivity contribution >= 4 is 10.4 Å². The van der Waals surface area contributed by atoms with Gasteiger partial charge in [-0.15, -0.1) is 0 Å². The van der Waals surface area contributed by atoms with Crippen molar-refractivity contribution in [2.45, 2.75) is 6.92 Å². The summed E-state index contributed by atoms with van der Waals surface area (Å²) in [6.45, 7) is 5.26. The van der Waals surface area contributed by atoms with Crippen molar-refractivity contribution in [3.63, 3.8) is 0 Å². The molecule has 0 aromatic rings. The van der Waals surface area contributed by atoms with Crippen molar-refractivity contribution in [1.29, 1.82) is 5.26 Å². The van der Waals surface area contributed by atoms with E-state index in [0.29, 0.717) is 0 Å². The molecule has 0 saturated carbocycles. The van der Waals surface area contributed by atoms with E-state index in [1.807, 2.05) is 0 Å². The number of ether oxygens (including phenoxy) is 1. The molecule has 0 unspecified atom stereocenters. The van der Waals surface area contributed by atoms with Gasteiger partial charge in [0.2, 0.25) is 10.4 Å². The van der Waals surface area contributed by atoms with Gasteiger partial charge < -0.3 is 14.6 Å². The topological polar surface area (TPSA) is 122 Å². The molecule has 1 rings (SSSR count). The van der Waals surface area contributed by atoms with Crippen LogP contribution in [0.1, 0.15) is 8.35 Å². The van der Waals surface area contributed by atoms with Crippen LogP contribution < -0.4 is 5.32 Å². The number of nitrogens with one attached hydrogen (secondary N) is 1. The van der Waals surface area contributed by atoms with Gasteiger partial charge in [0, 0.05) is 20.0 Å². The first-order valence-corrected chi connectivity index (χ1v) is 5.06.